The van der Waals surface area contributed by atoms with E-state index >= 15 is 0 Å². The smallest absolute Gasteiger partial charge is 0.303 e. The Morgan fingerprint density at radius 2 is 1.57 bits per heavy atom. The van der Waals surface area contributed by atoms with Crippen LogP contribution in [0.25, 0.3) is 0 Å². The van der Waals surface area contributed by atoms with Crippen molar-refractivity contribution in [3.8, 4) is 0 Å². The van der Waals surface area contributed by atoms with Gasteiger partial charge in [-0.1, -0.05) is 54.6 Å². The van der Waals surface area contributed by atoms with Gasteiger partial charge in [-0.25, -0.2) is 0 Å². The van der Waals surface area contributed by atoms with E-state index in [0.29, 0.717) is 6.42 Å². The molecule has 3 heteroatoms. The van der Waals surface area contributed by atoms with Crippen LogP contribution in [-0.2, 0) is 24.3 Å². The van der Waals surface area contributed by atoms with Gasteiger partial charge in [-0.05, 0) is 29.5 Å². The molecule has 21 heavy (non-hydrogen) atoms. The first kappa shape index (κ1) is 15.3. The zero-order valence-corrected chi connectivity index (χ0v) is 12.1. The number of benzene rings is 2. The second-order valence-electron chi connectivity index (χ2n) is 5.16. The highest BCUT2D eigenvalue weighted by Crippen LogP contribution is 2.09. The van der Waals surface area contributed by atoms with E-state index in [-0.39, 0.29) is 6.42 Å². The molecule has 0 atom stereocenters. The quantitative estimate of drug-likeness (QED) is 0.781. The topological polar surface area (TPSA) is 49.3 Å². The molecule has 2 aromatic carbocycles. The second-order valence-corrected chi connectivity index (χ2v) is 5.16. The molecule has 0 spiro atoms. The third-order valence-electron chi connectivity index (χ3n) is 3.35. The van der Waals surface area contributed by atoms with E-state index in [4.69, 9.17) is 5.11 Å². The van der Waals surface area contributed by atoms with Crippen molar-refractivity contribution in [1.29, 1.82) is 0 Å². The lowest BCUT2D eigenvalue weighted by Crippen LogP contribution is -2.12. The third kappa shape index (κ3) is 5.79. The molecule has 0 amide bonds. The minimum Gasteiger partial charge on any atom is -0.481 e. The molecule has 0 radical (unpaired) electrons. The van der Waals surface area contributed by atoms with Gasteiger partial charge in [-0.3, -0.25) is 4.79 Å². The minimum atomic E-state index is -0.726. The number of aryl methyl sites for hydroxylation is 1. The predicted octanol–water partition coefficient (Wildman–Crippen LogP) is 3.38. The van der Waals surface area contributed by atoms with Gasteiger partial charge in [0.15, 0.2) is 0 Å². The molecule has 2 aromatic rings. The van der Waals surface area contributed by atoms with Crippen LogP contribution in [-0.4, -0.2) is 11.1 Å². The van der Waals surface area contributed by atoms with Crippen LogP contribution in [0, 0.1) is 0 Å². The molecule has 0 aliphatic rings. The molecule has 0 saturated heterocycles. The number of carboxylic acid groups (broad SMARTS) is 1. The second kappa shape index (κ2) is 8.22. The largest absolute Gasteiger partial charge is 0.481 e. The molecule has 2 rings (SSSR count). The van der Waals surface area contributed by atoms with Crippen molar-refractivity contribution in [3.05, 3.63) is 71.3 Å². The van der Waals surface area contributed by atoms with Crippen LogP contribution in [0.15, 0.2) is 54.6 Å². The van der Waals surface area contributed by atoms with Gasteiger partial charge in [0.25, 0.3) is 0 Å². The monoisotopic (exact) mass is 283 g/mol. The highest BCUT2D eigenvalue weighted by molar-refractivity contribution is 5.66. The van der Waals surface area contributed by atoms with Crippen LogP contribution in [0.4, 0.5) is 0 Å². The van der Waals surface area contributed by atoms with Crippen molar-refractivity contribution in [1.82, 2.24) is 5.32 Å². The summed E-state index contributed by atoms with van der Waals surface area (Å²) in [6.45, 7) is 1.67. The predicted molar refractivity (Wildman–Crippen MR) is 84.0 cm³/mol. The molecular weight excluding hydrogens is 262 g/mol. The van der Waals surface area contributed by atoms with Crippen LogP contribution >= 0.6 is 0 Å². The molecule has 0 aliphatic carbocycles. The Bertz CT molecular complexity index is 566. The Balaban J connectivity index is 1.79. The van der Waals surface area contributed by atoms with Gasteiger partial charge in [0.1, 0.15) is 0 Å². The molecular formula is C18H21NO2. The lowest BCUT2D eigenvalue weighted by atomic mass is 10.1. The van der Waals surface area contributed by atoms with Crippen molar-refractivity contribution in [2.75, 3.05) is 0 Å². The first-order valence-corrected chi connectivity index (χ1v) is 7.28. The van der Waals surface area contributed by atoms with Crippen molar-refractivity contribution >= 4 is 5.97 Å². The molecule has 0 aromatic heterocycles. The van der Waals surface area contributed by atoms with E-state index in [9.17, 15) is 4.79 Å². The summed E-state index contributed by atoms with van der Waals surface area (Å²) < 4.78 is 0. The maximum absolute atomic E-state index is 10.5. The average molecular weight is 283 g/mol. The van der Waals surface area contributed by atoms with Crippen LogP contribution in [0.3, 0.4) is 0 Å². The standard InChI is InChI=1S/C18H21NO2/c20-18(21)11-5-9-15-8-4-10-17(12-15)14-19-13-16-6-2-1-3-7-16/h1-4,6-8,10,12,19H,5,9,11,13-14H2,(H,20,21). The van der Waals surface area contributed by atoms with E-state index in [0.717, 1.165) is 19.5 Å². The maximum atomic E-state index is 10.5. The minimum absolute atomic E-state index is 0.233. The van der Waals surface area contributed by atoms with Gasteiger partial charge in [-0.15, -0.1) is 0 Å². The van der Waals surface area contributed by atoms with Gasteiger partial charge in [0, 0.05) is 19.5 Å². The van der Waals surface area contributed by atoms with E-state index in [1.165, 1.54) is 16.7 Å². The number of hydrogen-bond acceptors (Lipinski definition) is 2. The fourth-order valence-electron chi connectivity index (χ4n) is 2.29. The van der Waals surface area contributed by atoms with Crippen molar-refractivity contribution in [2.45, 2.75) is 32.4 Å². The first-order chi connectivity index (χ1) is 10.2. The Hall–Kier alpha value is -2.13. The van der Waals surface area contributed by atoms with Gasteiger partial charge in [0.2, 0.25) is 0 Å². The lowest BCUT2D eigenvalue weighted by molar-refractivity contribution is -0.137. The first-order valence-electron chi connectivity index (χ1n) is 7.28. The normalized spacial score (nSPS) is 10.5. The summed E-state index contributed by atoms with van der Waals surface area (Å²) in [5, 5.41) is 12.1. The zero-order valence-electron chi connectivity index (χ0n) is 12.1. The number of carbonyl (C=O) groups is 1. The van der Waals surface area contributed by atoms with Crippen LogP contribution < -0.4 is 5.32 Å². The highest BCUT2D eigenvalue weighted by atomic mass is 16.4. The van der Waals surface area contributed by atoms with Crippen LogP contribution in [0.2, 0.25) is 0 Å². The number of rotatable bonds is 8. The Kier molecular flexibility index (Phi) is 5.98. The number of carboxylic acids is 1. The molecule has 2 N–H and O–H groups in total. The van der Waals surface area contributed by atoms with Gasteiger partial charge >= 0.3 is 5.97 Å². The van der Waals surface area contributed by atoms with Crippen LogP contribution in [0.1, 0.15) is 29.5 Å². The molecule has 0 aliphatic heterocycles. The summed E-state index contributed by atoms with van der Waals surface area (Å²) in [5.74, 6) is -0.726. The number of hydrogen-bond donors (Lipinski definition) is 2. The maximum Gasteiger partial charge on any atom is 0.303 e. The van der Waals surface area contributed by atoms with E-state index in [1.807, 2.05) is 24.3 Å². The molecule has 0 heterocycles. The Labute approximate surface area is 125 Å². The van der Waals surface area contributed by atoms with Gasteiger partial charge < -0.3 is 10.4 Å². The summed E-state index contributed by atoms with van der Waals surface area (Å²) in [7, 11) is 0. The Morgan fingerprint density at radius 3 is 2.33 bits per heavy atom. The summed E-state index contributed by atoms with van der Waals surface area (Å²) in [5.41, 5.74) is 3.71. The SMILES string of the molecule is O=C(O)CCCc1cccc(CNCc2ccccc2)c1. The van der Waals surface area contributed by atoms with E-state index in [2.05, 4.69) is 35.6 Å². The fourth-order valence-corrected chi connectivity index (χ4v) is 2.29. The number of aliphatic carboxylic acids is 1. The lowest BCUT2D eigenvalue weighted by Gasteiger charge is -2.07. The molecule has 0 fully saturated rings. The van der Waals surface area contributed by atoms with Crippen molar-refractivity contribution in [2.24, 2.45) is 0 Å². The van der Waals surface area contributed by atoms with Crippen LogP contribution in [0.5, 0.6) is 0 Å². The average Bonchev–Trinajstić information content (AvgIpc) is 2.48. The summed E-state index contributed by atoms with van der Waals surface area (Å²) in [6.07, 6.45) is 1.74. The van der Waals surface area contributed by atoms with Gasteiger partial charge in [0.05, 0.1) is 0 Å². The number of nitrogens with one attached hydrogen (secondary N) is 1. The highest BCUT2D eigenvalue weighted by Gasteiger charge is 2.00. The molecule has 3 nitrogen and oxygen atoms in total. The summed E-state index contributed by atoms with van der Waals surface area (Å²) >= 11 is 0. The molecule has 0 unspecified atom stereocenters. The van der Waals surface area contributed by atoms with E-state index in [1.54, 1.807) is 0 Å². The zero-order chi connectivity index (χ0) is 14.9. The molecule has 0 saturated carbocycles. The van der Waals surface area contributed by atoms with E-state index < -0.39 is 5.97 Å². The molecule has 0 bridgehead atoms. The van der Waals surface area contributed by atoms with Crippen molar-refractivity contribution < 1.29 is 9.90 Å². The Morgan fingerprint density at radius 1 is 0.905 bits per heavy atom. The summed E-state index contributed by atoms with van der Waals surface area (Å²) in [4.78, 5) is 10.5. The fraction of sp³-hybridized carbons (Fsp3) is 0.278. The third-order valence-corrected chi connectivity index (χ3v) is 3.35. The van der Waals surface area contributed by atoms with Crippen molar-refractivity contribution in [3.63, 3.8) is 0 Å². The summed E-state index contributed by atoms with van der Waals surface area (Å²) in [6, 6.07) is 18.7. The molecule has 110 valence electrons. The van der Waals surface area contributed by atoms with Gasteiger partial charge in [-0.2, -0.15) is 0 Å².